The summed E-state index contributed by atoms with van der Waals surface area (Å²) in [5.41, 5.74) is 2.15. The average molecular weight is 227 g/mol. The number of ketones is 1. The summed E-state index contributed by atoms with van der Waals surface area (Å²) in [5, 5.41) is 10.2. The Hall–Kier alpha value is -2.23. The Bertz CT molecular complexity index is 515. The van der Waals surface area contributed by atoms with Gasteiger partial charge in [0.1, 0.15) is 5.69 Å². The zero-order chi connectivity index (χ0) is 12.1. The van der Waals surface area contributed by atoms with E-state index < -0.39 is 0 Å². The number of aromatic nitrogens is 3. The van der Waals surface area contributed by atoms with Crippen molar-refractivity contribution in [1.29, 1.82) is 0 Å². The van der Waals surface area contributed by atoms with Gasteiger partial charge in [-0.2, -0.15) is 15.4 Å². The fourth-order valence-electron chi connectivity index (χ4n) is 1.54. The number of rotatable bonds is 4. The van der Waals surface area contributed by atoms with Crippen molar-refractivity contribution in [3.05, 3.63) is 47.8 Å². The Morgan fingerprint density at radius 2 is 2.12 bits per heavy atom. The van der Waals surface area contributed by atoms with E-state index in [-0.39, 0.29) is 5.78 Å². The summed E-state index contributed by atoms with van der Waals surface area (Å²) in [6, 6.07) is 9.70. The maximum atomic E-state index is 11.9. The molecule has 4 heteroatoms. The van der Waals surface area contributed by atoms with Gasteiger partial charge >= 0.3 is 0 Å². The summed E-state index contributed by atoms with van der Waals surface area (Å²) in [4.78, 5) is 11.9. The number of carbonyl (C=O) groups excluding carboxylic acids is 1. The van der Waals surface area contributed by atoms with Crippen molar-refractivity contribution in [2.75, 3.05) is 0 Å². The molecule has 1 N–H and O–H groups in total. The fourth-order valence-corrected chi connectivity index (χ4v) is 1.54. The summed E-state index contributed by atoms with van der Waals surface area (Å²) >= 11 is 0. The third-order valence-electron chi connectivity index (χ3n) is 2.42. The molecule has 0 atom stereocenters. The van der Waals surface area contributed by atoms with Crippen molar-refractivity contribution >= 4 is 17.4 Å². The lowest BCUT2D eigenvalue weighted by Crippen LogP contribution is -2.00. The Kier molecular flexibility index (Phi) is 3.45. The van der Waals surface area contributed by atoms with Crippen molar-refractivity contribution in [3.63, 3.8) is 0 Å². The maximum absolute atomic E-state index is 11.9. The number of aromatic amines is 1. The number of hydrogen-bond acceptors (Lipinski definition) is 3. The largest absolute Gasteiger partial charge is 0.294 e. The monoisotopic (exact) mass is 227 g/mol. The average Bonchev–Trinajstić information content (AvgIpc) is 2.90. The molecule has 0 fully saturated rings. The van der Waals surface area contributed by atoms with E-state index in [2.05, 4.69) is 15.4 Å². The van der Waals surface area contributed by atoms with Crippen molar-refractivity contribution in [2.24, 2.45) is 0 Å². The van der Waals surface area contributed by atoms with Gasteiger partial charge in [0.15, 0.2) is 5.78 Å². The van der Waals surface area contributed by atoms with Crippen LogP contribution in [0.4, 0.5) is 0 Å². The maximum Gasteiger partial charge on any atom is 0.164 e. The van der Waals surface area contributed by atoms with Crippen molar-refractivity contribution in [3.8, 4) is 0 Å². The molecule has 0 aliphatic rings. The molecule has 1 aromatic carbocycles. The van der Waals surface area contributed by atoms with Crippen LogP contribution < -0.4 is 0 Å². The third-order valence-corrected chi connectivity index (χ3v) is 2.42. The van der Waals surface area contributed by atoms with Crippen LogP contribution in [0, 0.1) is 0 Å². The predicted octanol–water partition coefficient (Wildman–Crippen LogP) is 2.32. The smallest absolute Gasteiger partial charge is 0.164 e. The van der Waals surface area contributed by atoms with E-state index in [0.29, 0.717) is 17.7 Å². The molecular weight excluding hydrogens is 214 g/mol. The minimum atomic E-state index is 0.0581. The summed E-state index contributed by atoms with van der Waals surface area (Å²) < 4.78 is 0. The van der Waals surface area contributed by atoms with Gasteiger partial charge < -0.3 is 0 Å². The topological polar surface area (TPSA) is 58.6 Å². The first-order valence-electron chi connectivity index (χ1n) is 5.47. The minimum absolute atomic E-state index is 0.0581. The first kappa shape index (κ1) is 11.3. The molecule has 2 aromatic rings. The van der Waals surface area contributed by atoms with Gasteiger partial charge in [0.05, 0.1) is 6.20 Å². The predicted molar refractivity (Wildman–Crippen MR) is 66.0 cm³/mol. The Morgan fingerprint density at radius 1 is 1.35 bits per heavy atom. The summed E-state index contributed by atoms with van der Waals surface area (Å²) in [5.74, 6) is 0.0581. The minimum Gasteiger partial charge on any atom is -0.294 e. The van der Waals surface area contributed by atoms with Gasteiger partial charge in [-0.25, -0.2) is 0 Å². The van der Waals surface area contributed by atoms with Crippen molar-refractivity contribution in [2.45, 2.75) is 13.3 Å². The highest BCUT2D eigenvalue weighted by Gasteiger charge is 2.12. The zero-order valence-electron chi connectivity index (χ0n) is 9.55. The van der Waals surface area contributed by atoms with Gasteiger partial charge in [0.25, 0.3) is 0 Å². The quantitative estimate of drug-likeness (QED) is 0.815. The molecule has 0 unspecified atom stereocenters. The number of allylic oxidation sites excluding steroid dienone is 1. The Morgan fingerprint density at radius 3 is 2.71 bits per heavy atom. The Labute approximate surface area is 99.4 Å². The van der Waals surface area contributed by atoms with E-state index in [0.717, 1.165) is 5.56 Å². The van der Waals surface area contributed by atoms with Crippen LogP contribution >= 0.6 is 0 Å². The molecule has 0 bridgehead atoms. The zero-order valence-corrected chi connectivity index (χ0v) is 9.55. The lowest BCUT2D eigenvalue weighted by Gasteiger charge is -2.01. The third kappa shape index (κ3) is 2.66. The first-order chi connectivity index (χ1) is 8.31. The van der Waals surface area contributed by atoms with Crippen molar-refractivity contribution < 1.29 is 4.79 Å². The van der Waals surface area contributed by atoms with Gasteiger partial charge in [-0.15, -0.1) is 0 Å². The summed E-state index contributed by atoms with van der Waals surface area (Å²) in [6.07, 6.45) is 3.84. The number of hydrogen-bond donors (Lipinski definition) is 1. The second-order valence-corrected chi connectivity index (χ2v) is 3.60. The van der Waals surface area contributed by atoms with Crippen LogP contribution in [-0.2, 0) is 4.79 Å². The molecule has 86 valence electrons. The number of nitrogens with one attached hydrogen (secondary N) is 1. The second kappa shape index (κ2) is 5.21. The standard InChI is InChI=1S/C13H13N3O/c1-2-13(17)11(12-9-14-16-15-12)8-10-6-4-3-5-7-10/h3-9H,2H2,1H3,(H,14,15,16). The molecule has 0 aliphatic carbocycles. The van der Waals surface area contributed by atoms with Crippen LogP contribution in [0.2, 0.25) is 0 Å². The molecule has 17 heavy (non-hydrogen) atoms. The first-order valence-corrected chi connectivity index (χ1v) is 5.47. The lowest BCUT2D eigenvalue weighted by atomic mass is 10.0. The number of benzene rings is 1. The van der Waals surface area contributed by atoms with Gasteiger partial charge in [-0.05, 0) is 11.6 Å². The summed E-state index contributed by atoms with van der Waals surface area (Å²) in [6.45, 7) is 1.83. The van der Waals surface area contributed by atoms with Crippen molar-refractivity contribution in [1.82, 2.24) is 15.4 Å². The van der Waals surface area contributed by atoms with E-state index in [1.54, 1.807) is 6.20 Å². The number of nitrogens with zero attached hydrogens (tertiary/aromatic N) is 2. The molecule has 0 radical (unpaired) electrons. The van der Waals surface area contributed by atoms with Crippen LogP contribution in [0.5, 0.6) is 0 Å². The van der Waals surface area contributed by atoms with Crippen LogP contribution in [0.3, 0.4) is 0 Å². The molecule has 1 heterocycles. The van der Waals surface area contributed by atoms with Gasteiger partial charge in [-0.3, -0.25) is 4.79 Å². The normalized spacial score (nSPS) is 11.5. The number of carbonyl (C=O) groups is 1. The fraction of sp³-hybridized carbons (Fsp3) is 0.154. The molecular formula is C13H13N3O. The van der Waals surface area contributed by atoms with Gasteiger partial charge in [-0.1, -0.05) is 37.3 Å². The highest BCUT2D eigenvalue weighted by Crippen LogP contribution is 2.17. The van der Waals surface area contributed by atoms with E-state index in [4.69, 9.17) is 0 Å². The van der Waals surface area contributed by atoms with E-state index in [1.807, 2.05) is 43.3 Å². The lowest BCUT2D eigenvalue weighted by molar-refractivity contribution is -0.113. The van der Waals surface area contributed by atoms with E-state index in [9.17, 15) is 4.79 Å². The molecule has 0 saturated carbocycles. The van der Waals surface area contributed by atoms with Crippen LogP contribution in [0.15, 0.2) is 36.5 Å². The van der Waals surface area contributed by atoms with Gasteiger partial charge in [0, 0.05) is 12.0 Å². The highest BCUT2D eigenvalue weighted by atomic mass is 16.1. The van der Waals surface area contributed by atoms with Crippen LogP contribution in [-0.4, -0.2) is 21.2 Å². The molecule has 0 spiro atoms. The molecule has 4 nitrogen and oxygen atoms in total. The highest BCUT2D eigenvalue weighted by molar-refractivity contribution is 6.24. The summed E-state index contributed by atoms with van der Waals surface area (Å²) in [7, 11) is 0. The molecule has 0 amide bonds. The van der Waals surface area contributed by atoms with E-state index >= 15 is 0 Å². The van der Waals surface area contributed by atoms with Crippen LogP contribution in [0.1, 0.15) is 24.6 Å². The molecule has 0 saturated heterocycles. The molecule has 1 aromatic heterocycles. The number of H-pyrrole nitrogens is 1. The van der Waals surface area contributed by atoms with Gasteiger partial charge in [0.2, 0.25) is 0 Å². The Balaban J connectivity index is 2.41. The second-order valence-electron chi connectivity index (χ2n) is 3.60. The SMILES string of the molecule is CCC(=O)C(=Cc1ccccc1)c1cn[nH]n1. The van der Waals surface area contributed by atoms with E-state index in [1.165, 1.54) is 0 Å². The molecule has 2 rings (SSSR count). The molecule has 0 aliphatic heterocycles. The number of Topliss-reactive ketones (excluding diaryl/α,β-unsaturated/α-hetero) is 1. The van der Waals surface area contributed by atoms with Crippen LogP contribution in [0.25, 0.3) is 11.6 Å².